The molecule has 1 heterocycles. The zero-order valence-electron chi connectivity index (χ0n) is 11.5. The van der Waals surface area contributed by atoms with Crippen LogP contribution in [-0.4, -0.2) is 47.1 Å². The van der Waals surface area contributed by atoms with E-state index in [1.165, 1.54) is 0 Å². The number of sulfone groups is 2. The topological polar surface area (TPSA) is 113 Å². The van der Waals surface area contributed by atoms with Crippen LogP contribution in [0, 0.1) is 0 Å². The fraction of sp³-hybridized carbons (Fsp3) is 0.500. The molecule has 0 bridgehead atoms. The molecule has 0 radical (unpaired) electrons. The van der Waals surface area contributed by atoms with Gasteiger partial charge in [0.15, 0.2) is 21.3 Å². The van der Waals surface area contributed by atoms with Crippen molar-refractivity contribution in [3.8, 4) is 11.5 Å². The Morgan fingerprint density at radius 2 is 1.81 bits per heavy atom. The van der Waals surface area contributed by atoms with E-state index < -0.39 is 37.2 Å². The first-order valence-electron chi connectivity index (χ1n) is 6.19. The van der Waals surface area contributed by atoms with Gasteiger partial charge in [-0.2, -0.15) is 0 Å². The molecule has 0 fully saturated rings. The molecule has 0 aliphatic carbocycles. The Morgan fingerprint density at radius 1 is 1.14 bits per heavy atom. The molecule has 1 atom stereocenters. The highest BCUT2D eigenvalue weighted by Crippen LogP contribution is 2.34. The monoisotopic (exact) mass is 335 g/mol. The summed E-state index contributed by atoms with van der Waals surface area (Å²) in [5, 5.41) is 0. The number of hydrogen-bond donors (Lipinski definition) is 1. The lowest BCUT2D eigenvalue weighted by molar-refractivity contribution is 0.174. The molecular formula is C12H17NO6S2. The summed E-state index contributed by atoms with van der Waals surface area (Å²) in [5.41, 5.74) is 6.49. The van der Waals surface area contributed by atoms with Gasteiger partial charge in [-0.15, -0.1) is 0 Å². The fourth-order valence-electron chi connectivity index (χ4n) is 1.88. The maximum absolute atomic E-state index is 11.9. The van der Waals surface area contributed by atoms with E-state index in [-0.39, 0.29) is 12.5 Å². The van der Waals surface area contributed by atoms with Gasteiger partial charge in [0.2, 0.25) is 6.79 Å². The van der Waals surface area contributed by atoms with Gasteiger partial charge in [-0.1, -0.05) is 6.07 Å². The van der Waals surface area contributed by atoms with Gasteiger partial charge in [-0.3, -0.25) is 0 Å². The second-order valence-electron chi connectivity index (χ2n) is 4.96. The molecule has 1 aliphatic rings. The third-order valence-electron chi connectivity index (χ3n) is 3.02. The highest BCUT2D eigenvalue weighted by Gasteiger charge is 2.22. The molecule has 118 valence electrons. The molecule has 1 aromatic rings. The predicted octanol–water partition coefficient (Wildman–Crippen LogP) is -0.125. The van der Waals surface area contributed by atoms with Crippen LogP contribution in [0.25, 0.3) is 0 Å². The average Bonchev–Trinajstić information content (AvgIpc) is 2.82. The van der Waals surface area contributed by atoms with Crippen LogP contribution < -0.4 is 15.2 Å². The van der Waals surface area contributed by atoms with Gasteiger partial charge < -0.3 is 15.2 Å². The predicted molar refractivity (Wildman–Crippen MR) is 77.9 cm³/mol. The van der Waals surface area contributed by atoms with Crippen LogP contribution in [-0.2, 0) is 19.7 Å². The number of benzene rings is 1. The van der Waals surface area contributed by atoms with Crippen LogP contribution in [0.15, 0.2) is 18.2 Å². The lowest BCUT2D eigenvalue weighted by Crippen LogP contribution is -2.26. The standard InChI is InChI=1S/C12H17NO6S2/c1-20(14,15)4-5-21(16,17)7-10(13)9-2-3-11-12(6-9)19-8-18-11/h2-3,6,10H,4-5,7-8,13H2,1H3. The van der Waals surface area contributed by atoms with Crippen molar-refractivity contribution in [3.05, 3.63) is 23.8 Å². The van der Waals surface area contributed by atoms with Gasteiger partial charge in [0.25, 0.3) is 0 Å². The lowest BCUT2D eigenvalue weighted by atomic mass is 10.1. The van der Waals surface area contributed by atoms with Gasteiger partial charge in [-0.05, 0) is 17.7 Å². The highest BCUT2D eigenvalue weighted by molar-refractivity contribution is 7.94. The van der Waals surface area contributed by atoms with Crippen molar-refractivity contribution in [3.63, 3.8) is 0 Å². The Labute approximate surface area is 123 Å². The summed E-state index contributed by atoms with van der Waals surface area (Å²) in [6, 6.07) is 4.23. The average molecular weight is 335 g/mol. The third kappa shape index (κ3) is 4.58. The minimum atomic E-state index is -3.55. The van der Waals surface area contributed by atoms with E-state index in [9.17, 15) is 16.8 Å². The summed E-state index contributed by atoms with van der Waals surface area (Å²) in [6.45, 7) is 0.126. The largest absolute Gasteiger partial charge is 0.454 e. The molecule has 0 spiro atoms. The van der Waals surface area contributed by atoms with E-state index in [2.05, 4.69) is 0 Å². The zero-order chi connectivity index (χ0) is 15.7. The first-order valence-corrected chi connectivity index (χ1v) is 10.1. The smallest absolute Gasteiger partial charge is 0.231 e. The van der Waals surface area contributed by atoms with Crippen LogP contribution >= 0.6 is 0 Å². The first-order chi connectivity index (χ1) is 9.66. The molecule has 7 nitrogen and oxygen atoms in total. The van der Waals surface area contributed by atoms with Crippen molar-refractivity contribution in [2.75, 3.05) is 30.3 Å². The molecule has 1 aliphatic heterocycles. The molecule has 0 amide bonds. The van der Waals surface area contributed by atoms with Crippen molar-refractivity contribution < 1.29 is 26.3 Å². The second-order valence-corrected chi connectivity index (χ2v) is 9.45. The highest BCUT2D eigenvalue weighted by atomic mass is 32.2. The van der Waals surface area contributed by atoms with E-state index in [0.717, 1.165) is 6.26 Å². The minimum Gasteiger partial charge on any atom is -0.454 e. The molecule has 1 unspecified atom stereocenters. The summed E-state index contributed by atoms with van der Waals surface area (Å²) in [4.78, 5) is 0. The Balaban J connectivity index is 2.05. The normalized spacial score (nSPS) is 15.9. The van der Waals surface area contributed by atoms with Gasteiger partial charge in [0, 0.05) is 12.3 Å². The molecule has 9 heteroatoms. The maximum atomic E-state index is 11.9. The molecule has 2 N–H and O–H groups in total. The SMILES string of the molecule is CS(=O)(=O)CCS(=O)(=O)CC(N)c1ccc2c(c1)OCO2. The molecule has 1 aromatic carbocycles. The Morgan fingerprint density at radius 3 is 2.48 bits per heavy atom. The van der Waals surface area contributed by atoms with Crippen LogP contribution in [0.1, 0.15) is 11.6 Å². The molecule has 0 aromatic heterocycles. The molecule has 21 heavy (non-hydrogen) atoms. The van der Waals surface area contributed by atoms with E-state index in [0.29, 0.717) is 17.1 Å². The van der Waals surface area contributed by atoms with Crippen molar-refractivity contribution in [2.45, 2.75) is 6.04 Å². The van der Waals surface area contributed by atoms with Crippen LogP contribution in [0.3, 0.4) is 0 Å². The van der Waals surface area contributed by atoms with Crippen LogP contribution in [0.5, 0.6) is 11.5 Å². The van der Waals surface area contributed by atoms with Gasteiger partial charge in [0.1, 0.15) is 9.84 Å². The Kier molecular flexibility index (Phi) is 4.45. The summed E-state index contributed by atoms with van der Waals surface area (Å²) in [6.07, 6.45) is 1.00. The molecule has 2 rings (SSSR count). The van der Waals surface area contributed by atoms with Crippen molar-refractivity contribution >= 4 is 19.7 Å². The van der Waals surface area contributed by atoms with Crippen molar-refractivity contribution in [2.24, 2.45) is 5.73 Å². The van der Waals surface area contributed by atoms with E-state index >= 15 is 0 Å². The molecular weight excluding hydrogens is 318 g/mol. The summed E-state index contributed by atoms with van der Waals surface area (Å²) in [5.74, 6) is -0.0301. The van der Waals surface area contributed by atoms with Crippen molar-refractivity contribution in [1.82, 2.24) is 0 Å². The number of ether oxygens (including phenoxy) is 2. The summed E-state index contributed by atoms with van der Waals surface area (Å²) < 4.78 is 56.2. The Hall–Kier alpha value is -1.32. The van der Waals surface area contributed by atoms with E-state index in [4.69, 9.17) is 15.2 Å². The van der Waals surface area contributed by atoms with E-state index in [1.54, 1.807) is 18.2 Å². The molecule has 0 saturated heterocycles. The Bertz CT molecular complexity index is 726. The number of hydrogen-bond acceptors (Lipinski definition) is 7. The number of fused-ring (bicyclic) bond motifs is 1. The number of nitrogens with two attached hydrogens (primary N) is 1. The summed E-state index contributed by atoms with van der Waals surface area (Å²) in [7, 11) is -6.87. The lowest BCUT2D eigenvalue weighted by Gasteiger charge is -2.13. The number of rotatable bonds is 6. The molecule has 0 saturated carbocycles. The maximum Gasteiger partial charge on any atom is 0.231 e. The second kappa shape index (κ2) is 5.82. The van der Waals surface area contributed by atoms with E-state index in [1.807, 2.05) is 0 Å². The minimum absolute atomic E-state index is 0.126. The third-order valence-corrected chi connectivity index (χ3v) is 5.92. The fourth-order valence-corrected chi connectivity index (χ4v) is 5.01. The summed E-state index contributed by atoms with van der Waals surface area (Å²) >= 11 is 0. The zero-order valence-corrected chi connectivity index (χ0v) is 13.1. The van der Waals surface area contributed by atoms with Crippen LogP contribution in [0.2, 0.25) is 0 Å². The van der Waals surface area contributed by atoms with Crippen LogP contribution in [0.4, 0.5) is 0 Å². The van der Waals surface area contributed by atoms with Gasteiger partial charge in [0.05, 0.1) is 17.3 Å². The van der Waals surface area contributed by atoms with Gasteiger partial charge >= 0.3 is 0 Å². The first kappa shape index (κ1) is 16.1. The quantitative estimate of drug-likeness (QED) is 0.770. The van der Waals surface area contributed by atoms with Crippen molar-refractivity contribution in [1.29, 1.82) is 0 Å². The van der Waals surface area contributed by atoms with Gasteiger partial charge in [-0.25, -0.2) is 16.8 Å².